The van der Waals surface area contributed by atoms with E-state index in [4.69, 9.17) is 4.74 Å². The molecule has 38 heavy (non-hydrogen) atoms. The Bertz CT molecular complexity index is 1440. The van der Waals surface area contributed by atoms with Crippen LogP contribution in [0, 0.1) is 12.7 Å². The van der Waals surface area contributed by atoms with Crippen molar-refractivity contribution in [3.63, 3.8) is 0 Å². The highest BCUT2D eigenvalue weighted by molar-refractivity contribution is 5.93. The molecule has 194 valence electrons. The van der Waals surface area contributed by atoms with Crippen molar-refractivity contribution < 1.29 is 19.0 Å². The van der Waals surface area contributed by atoms with Gasteiger partial charge in [0.05, 0.1) is 31.3 Å². The first-order valence-corrected chi connectivity index (χ1v) is 12.0. The largest absolute Gasteiger partial charge is 0.508 e. The lowest BCUT2D eigenvalue weighted by molar-refractivity contribution is 0.0957. The average Bonchev–Trinajstić information content (AvgIpc) is 2.93. The molecule has 1 fully saturated rings. The minimum absolute atomic E-state index is 0.0570. The van der Waals surface area contributed by atoms with Crippen LogP contribution in [0.4, 0.5) is 27.5 Å². The van der Waals surface area contributed by atoms with Crippen molar-refractivity contribution >= 4 is 29.0 Å². The maximum absolute atomic E-state index is 14.2. The molecule has 0 spiro atoms. The van der Waals surface area contributed by atoms with Crippen molar-refractivity contribution in [1.82, 2.24) is 20.4 Å². The normalized spacial score (nSPS) is 13.2. The number of aromatic nitrogens is 3. The number of nitrogens with zero attached hydrogens (tertiary/aromatic N) is 4. The molecule has 4 N–H and O–H groups in total. The number of anilines is 4. The minimum atomic E-state index is -0.545. The monoisotopic (exact) mass is 515 g/mol. The number of benzene rings is 2. The average molecular weight is 516 g/mol. The number of hydrogen-bond acceptors (Lipinski definition) is 9. The zero-order valence-corrected chi connectivity index (χ0v) is 20.6. The van der Waals surface area contributed by atoms with Crippen molar-refractivity contribution in [1.29, 1.82) is 0 Å². The van der Waals surface area contributed by atoms with Crippen molar-refractivity contribution in [3.05, 3.63) is 84.1 Å². The third-order valence-electron chi connectivity index (χ3n) is 5.87. The Morgan fingerprint density at radius 3 is 2.61 bits per heavy atom. The summed E-state index contributed by atoms with van der Waals surface area (Å²) in [5.41, 5.74) is 9.71. The molecular formula is C27H26FN7O3. The lowest BCUT2D eigenvalue weighted by Gasteiger charge is -2.28. The number of rotatable bonds is 7. The molecule has 0 radical (unpaired) electrons. The number of nitrogens with one attached hydrogen (secondary N) is 3. The van der Waals surface area contributed by atoms with E-state index in [9.17, 15) is 14.3 Å². The van der Waals surface area contributed by atoms with E-state index in [-0.39, 0.29) is 23.2 Å². The van der Waals surface area contributed by atoms with Crippen LogP contribution in [0.25, 0.3) is 11.1 Å². The van der Waals surface area contributed by atoms with Crippen molar-refractivity contribution in [2.45, 2.75) is 6.92 Å². The number of morpholine rings is 1. The van der Waals surface area contributed by atoms with E-state index < -0.39 is 11.7 Å². The summed E-state index contributed by atoms with van der Waals surface area (Å²) in [5.74, 6) is -0.636. The van der Waals surface area contributed by atoms with Gasteiger partial charge in [0, 0.05) is 18.8 Å². The summed E-state index contributed by atoms with van der Waals surface area (Å²) in [6.07, 6.45) is 2.61. The lowest BCUT2D eigenvalue weighted by Crippen LogP contribution is -2.38. The molecule has 0 atom stereocenters. The zero-order chi connectivity index (χ0) is 26.5. The first kappa shape index (κ1) is 24.9. The summed E-state index contributed by atoms with van der Waals surface area (Å²) < 4.78 is 19.5. The number of phenols is 1. The third-order valence-corrected chi connectivity index (χ3v) is 5.87. The molecule has 4 aromatic rings. The van der Waals surface area contributed by atoms with E-state index in [1.54, 1.807) is 41.4 Å². The number of phenolic OH excluding ortho intramolecular Hbond substituents is 1. The second-order valence-corrected chi connectivity index (χ2v) is 8.74. The van der Waals surface area contributed by atoms with Crippen LogP contribution in [0.2, 0.25) is 0 Å². The van der Waals surface area contributed by atoms with Gasteiger partial charge in [0.2, 0.25) is 5.95 Å². The molecule has 0 unspecified atom stereocenters. The number of aryl methyl sites for hydroxylation is 1. The molecule has 2 aromatic carbocycles. The first-order chi connectivity index (χ1) is 18.4. The van der Waals surface area contributed by atoms with Gasteiger partial charge < -0.3 is 20.1 Å². The van der Waals surface area contributed by atoms with Crippen LogP contribution in [0.3, 0.4) is 0 Å². The van der Waals surface area contributed by atoms with Gasteiger partial charge in [-0.3, -0.25) is 15.6 Å². The number of carbonyl (C=O) groups excluding carboxylic acids is 1. The van der Waals surface area contributed by atoms with Crippen LogP contribution in [0.1, 0.15) is 16.1 Å². The molecule has 3 heterocycles. The predicted octanol–water partition coefficient (Wildman–Crippen LogP) is 4.03. The van der Waals surface area contributed by atoms with Gasteiger partial charge >= 0.3 is 0 Å². The quantitative estimate of drug-likeness (QED) is 0.270. The summed E-state index contributed by atoms with van der Waals surface area (Å²) in [7, 11) is 0. The molecule has 0 saturated carbocycles. The van der Waals surface area contributed by atoms with E-state index in [1.807, 2.05) is 31.2 Å². The summed E-state index contributed by atoms with van der Waals surface area (Å²) in [4.78, 5) is 26.6. The fourth-order valence-electron chi connectivity index (χ4n) is 4.07. The highest BCUT2D eigenvalue weighted by Gasteiger charge is 2.18. The molecule has 0 bridgehead atoms. The van der Waals surface area contributed by atoms with Crippen LogP contribution in [-0.2, 0) is 4.74 Å². The van der Waals surface area contributed by atoms with Crippen molar-refractivity contribution in [2.75, 3.05) is 41.9 Å². The Kier molecular flexibility index (Phi) is 7.27. The predicted molar refractivity (Wildman–Crippen MR) is 142 cm³/mol. The maximum atomic E-state index is 14.2. The fraction of sp³-hybridized carbons (Fsp3) is 0.185. The fourth-order valence-corrected chi connectivity index (χ4v) is 4.07. The Labute approximate surface area is 218 Å². The Morgan fingerprint density at radius 2 is 1.84 bits per heavy atom. The van der Waals surface area contributed by atoms with Gasteiger partial charge in [-0.2, -0.15) is 4.98 Å². The van der Waals surface area contributed by atoms with E-state index in [0.717, 1.165) is 28.6 Å². The third kappa shape index (κ3) is 5.95. The van der Waals surface area contributed by atoms with Crippen LogP contribution < -0.4 is 21.1 Å². The molecule has 0 aliphatic carbocycles. The topological polar surface area (TPSA) is 125 Å². The SMILES string of the molecule is Cc1cc(Nc2ccc(C(=O)NNc3ncc(F)c(N4CCOCC4)n3)nc2)cc(-c2cccc(O)c2)c1. The summed E-state index contributed by atoms with van der Waals surface area (Å²) >= 11 is 0. The number of halogens is 1. The molecule has 1 saturated heterocycles. The van der Waals surface area contributed by atoms with Crippen LogP contribution in [0.5, 0.6) is 5.75 Å². The lowest BCUT2D eigenvalue weighted by atomic mass is 10.0. The van der Waals surface area contributed by atoms with Crippen LogP contribution in [-0.4, -0.2) is 52.3 Å². The van der Waals surface area contributed by atoms with E-state index >= 15 is 0 Å². The highest BCUT2D eigenvalue weighted by Crippen LogP contribution is 2.28. The van der Waals surface area contributed by atoms with Crippen LogP contribution in [0.15, 0.2) is 67.0 Å². The van der Waals surface area contributed by atoms with Gasteiger partial charge in [0.25, 0.3) is 5.91 Å². The van der Waals surface area contributed by atoms with Crippen molar-refractivity contribution in [3.8, 4) is 16.9 Å². The Morgan fingerprint density at radius 1 is 1.00 bits per heavy atom. The number of hydrogen-bond donors (Lipinski definition) is 4. The second-order valence-electron chi connectivity index (χ2n) is 8.74. The van der Waals surface area contributed by atoms with Gasteiger partial charge in [-0.15, -0.1) is 0 Å². The summed E-state index contributed by atoms with van der Waals surface area (Å²) in [6, 6.07) is 16.4. The summed E-state index contributed by atoms with van der Waals surface area (Å²) in [6.45, 7) is 4.00. The number of carbonyl (C=O) groups is 1. The maximum Gasteiger partial charge on any atom is 0.288 e. The number of ether oxygens (including phenoxy) is 1. The Balaban J connectivity index is 1.22. The van der Waals surface area contributed by atoms with E-state index in [0.29, 0.717) is 32.0 Å². The van der Waals surface area contributed by atoms with Gasteiger partial charge in [-0.05, 0) is 60.0 Å². The van der Waals surface area contributed by atoms with Crippen molar-refractivity contribution in [2.24, 2.45) is 0 Å². The van der Waals surface area contributed by atoms with E-state index in [1.165, 1.54) is 0 Å². The highest BCUT2D eigenvalue weighted by atomic mass is 19.1. The Hall–Kier alpha value is -4.77. The molecule has 1 aliphatic heterocycles. The zero-order valence-electron chi connectivity index (χ0n) is 20.6. The minimum Gasteiger partial charge on any atom is -0.508 e. The van der Waals surface area contributed by atoms with Gasteiger partial charge in [0.1, 0.15) is 11.4 Å². The smallest absolute Gasteiger partial charge is 0.288 e. The molecule has 2 aromatic heterocycles. The molecular weight excluding hydrogens is 489 g/mol. The number of pyridine rings is 1. The molecule has 10 nitrogen and oxygen atoms in total. The second kappa shape index (κ2) is 11.1. The standard InChI is InChI=1S/C27H26FN7O3/c1-17-11-19(18-3-2-4-22(36)14-18)13-21(12-17)31-20-5-6-24(29-15-20)26(37)33-34-27-30-16-23(28)25(32-27)35-7-9-38-10-8-35/h2-6,11-16,31,36H,7-10H2,1H3,(H,33,37)(H,30,32,34). The van der Waals surface area contributed by atoms with Gasteiger partial charge in [-0.1, -0.05) is 18.2 Å². The molecule has 1 amide bonds. The van der Waals surface area contributed by atoms with E-state index in [2.05, 4.69) is 31.1 Å². The molecule has 1 aliphatic rings. The van der Waals surface area contributed by atoms with Gasteiger partial charge in [-0.25, -0.2) is 14.4 Å². The molecule has 11 heteroatoms. The number of amides is 1. The first-order valence-electron chi connectivity index (χ1n) is 12.0. The number of aromatic hydroxyl groups is 1. The molecule has 5 rings (SSSR count). The van der Waals surface area contributed by atoms with Crippen LogP contribution >= 0.6 is 0 Å². The summed E-state index contributed by atoms with van der Waals surface area (Å²) in [5, 5.41) is 13.1. The number of hydrazine groups is 1. The van der Waals surface area contributed by atoms with Gasteiger partial charge in [0.15, 0.2) is 11.6 Å².